The molecule has 31 heavy (non-hydrogen) atoms. The van der Waals surface area contributed by atoms with Crippen LogP contribution in [0.2, 0.25) is 0 Å². The smallest absolute Gasteiger partial charge is 0.340 e. The Kier molecular flexibility index (Phi) is 5.10. The molecule has 1 atom stereocenters. The highest BCUT2D eigenvalue weighted by Crippen LogP contribution is 2.34. The van der Waals surface area contributed by atoms with Gasteiger partial charge >= 0.3 is 11.6 Å². The molecule has 4 rings (SSSR count). The highest BCUT2D eigenvalue weighted by Gasteiger charge is 2.24. The fourth-order valence-corrected chi connectivity index (χ4v) is 3.98. The predicted octanol–water partition coefficient (Wildman–Crippen LogP) is 3.95. The molecular weight excluding hydrogens is 398 g/mol. The van der Waals surface area contributed by atoms with Crippen molar-refractivity contribution in [3.8, 4) is 0 Å². The largest absolute Gasteiger partial charge is 0.479 e. The molecular formula is C24H21NO6. The second-order valence-corrected chi connectivity index (χ2v) is 7.61. The fourth-order valence-electron chi connectivity index (χ4n) is 3.98. The zero-order chi connectivity index (χ0) is 22.3. The zero-order valence-corrected chi connectivity index (χ0v) is 17.3. The van der Waals surface area contributed by atoms with Gasteiger partial charge < -0.3 is 19.3 Å². The third-order valence-electron chi connectivity index (χ3n) is 5.49. The normalized spacial score (nSPS) is 12.2. The third kappa shape index (κ3) is 3.59. The fraction of sp³-hybridized carbons (Fsp3) is 0.208. The van der Waals surface area contributed by atoms with Crippen molar-refractivity contribution in [2.24, 2.45) is 0 Å². The number of carbonyl (C=O) groups excluding carboxylic acids is 1. The van der Waals surface area contributed by atoms with E-state index < -0.39 is 23.5 Å². The van der Waals surface area contributed by atoms with Gasteiger partial charge in [0, 0.05) is 5.39 Å². The molecule has 1 amide bonds. The van der Waals surface area contributed by atoms with Crippen LogP contribution in [0.25, 0.3) is 21.9 Å². The predicted molar refractivity (Wildman–Crippen MR) is 115 cm³/mol. The van der Waals surface area contributed by atoms with E-state index in [1.165, 1.54) is 0 Å². The molecule has 0 fully saturated rings. The monoisotopic (exact) mass is 419 g/mol. The molecule has 0 aliphatic carbocycles. The molecule has 158 valence electrons. The molecule has 2 aromatic carbocycles. The lowest BCUT2D eigenvalue weighted by Gasteiger charge is -2.15. The molecule has 2 N–H and O–H groups in total. The summed E-state index contributed by atoms with van der Waals surface area (Å²) in [6, 6.07) is 8.95. The van der Waals surface area contributed by atoms with E-state index in [4.69, 9.17) is 8.83 Å². The summed E-state index contributed by atoms with van der Waals surface area (Å²) < 4.78 is 11.2. The summed E-state index contributed by atoms with van der Waals surface area (Å²) in [5.41, 5.74) is 3.43. The highest BCUT2D eigenvalue weighted by molar-refractivity contribution is 6.07. The summed E-state index contributed by atoms with van der Waals surface area (Å²) in [6.07, 6.45) is 1.33. The van der Waals surface area contributed by atoms with Crippen LogP contribution in [0.5, 0.6) is 0 Å². The molecule has 2 aromatic heterocycles. The molecule has 0 spiro atoms. The Morgan fingerprint density at radius 3 is 2.45 bits per heavy atom. The Bertz CT molecular complexity index is 1380. The van der Waals surface area contributed by atoms with Gasteiger partial charge in [0.25, 0.3) is 0 Å². The number of furan rings is 1. The van der Waals surface area contributed by atoms with Gasteiger partial charge in [-0.1, -0.05) is 30.3 Å². The van der Waals surface area contributed by atoms with Gasteiger partial charge in [-0.3, -0.25) is 4.79 Å². The minimum Gasteiger partial charge on any atom is -0.479 e. The molecule has 0 saturated heterocycles. The summed E-state index contributed by atoms with van der Waals surface area (Å²) in [5, 5.41) is 13.6. The molecule has 0 aliphatic rings. The summed E-state index contributed by atoms with van der Waals surface area (Å²) in [7, 11) is 0. The van der Waals surface area contributed by atoms with E-state index in [2.05, 4.69) is 5.32 Å². The molecule has 2 heterocycles. The number of rotatable bonds is 5. The van der Waals surface area contributed by atoms with Crippen LogP contribution >= 0.6 is 0 Å². The number of aliphatic carboxylic acids is 1. The van der Waals surface area contributed by atoms with Crippen LogP contribution in [0, 0.1) is 20.8 Å². The maximum absolute atomic E-state index is 12.7. The molecule has 4 aromatic rings. The number of hydrogen-bond acceptors (Lipinski definition) is 5. The van der Waals surface area contributed by atoms with Gasteiger partial charge in [-0.15, -0.1) is 0 Å². The average Bonchev–Trinajstić information content (AvgIpc) is 3.11. The Morgan fingerprint density at radius 2 is 1.77 bits per heavy atom. The lowest BCUT2D eigenvalue weighted by molar-refractivity contribution is -0.142. The third-order valence-corrected chi connectivity index (χ3v) is 5.49. The highest BCUT2D eigenvalue weighted by atomic mass is 16.4. The topological polar surface area (TPSA) is 110 Å². The quantitative estimate of drug-likeness (QED) is 0.474. The first-order chi connectivity index (χ1) is 14.8. The van der Waals surface area contributed by atoms with Crippen molar-refractivity contribution < 1.29 is 23.5 Å². The van der Waals surface area contributed by atoms with Gasteiger partial charge in [-0.05, 0) is 49.1 Å². The first-order valence-electron chi connectivity index (χ1n) is 9.78. The van der Waals surface area contributed by atoms with Crippen molar-refractivity contribution in [3.05, 3.63) is 80.9 Å². The summed E-state index contributed by atoms with van der Waals surface area (Å²) >= 11 is 0. The van der Waals surface area contributed by atoms with Crippen molar-refractivity contribution in [2.75, 3.05) is 0 Å². The van der Waals surface area contributed by atoms with E-state index in [9.17, 15) is 19.5 Å². The minimum atomic E-state index is -1.22. The van der Waals surface area contributed by atoms with E-state index in [0.29, 0.717) is 27.7 Å². The summed E-state index contributed by atoms with van der Waals surface area (Å²) in [6.45, 7) is 5.58. The Balaban J connectivity index is 1.74. The lowest BCUT2D eigenvalue weighted by Crippen LogP contribution is -2.35. The number of hydrogen-bond donors (Lipinski definition) is 2. The van der Waals surface area contributed by atoms with Crippen molar-refractivity contribution in [3.63, 3.8) is 0 Å². The van der Waals surface area contributed by atoms with Gasteiger partial charge in [0.2, 0.25) is 5.91 Å². The molecule has 0 bridgehead atoms. The maximum Gasteiger partial charge on any atom is 0.340 e. The van der Waals surface area contributed by atoms with Crippen LogP contribution in [0.4, 0.5) is 0 Å². The average molecular weight is 419 g/mol. The van der Waals surface area contributed by atoms with Gasteiger partial charge in [0.05, 0.1) is 23.6 Å². The summed E-state index contributed by atoms with van der Waals surface area (Å²) in [4.78, 5) is 37.0. The Labute approximate surface area is 177 Å². The van der Waals surface area contributed by atoms with E-state index in [0.717, 1.165) is 16.5 Å². The van der Waals surface area contributed by atoms with Gasteiger partial charge in [0.15, 0.2) is 6.04 Å². The first kappa shape index (κ1) is 20.4. The Hall–Kier alpha value is -3.87. The number of fused-ring (bicyclic) bond motifs is 3. The zero-order valence-electron chi connectivity index (χ0n) is 17.3. The first-order valence-corrected chi connectivity index (χ1v) is 9.78. The SMILES string of the molecule is Cc1coc2c1c(C)cc1oc(=O)c(CC(=O)N[C@@H](C(=O)O)c3ccccc3)c(C)c12. The minimum absolute atomic E-state index is 0.168. The van der Waals surface area contributed by atoms with Crippen LogP contribution in [0.1, 0.15) is 33.9 Å². The molecule has 0 saturated carbocycles. The number of aryl methyl sites for hydroxylation is 3. The van der Waals surface area contributed by atoms with Crippen molar-refractivity contribution >= 4 is 33.8 Å². The lowest BCUT2D eigenvalue weighted by atomic mass is 9.98. The number of carbonyl (C=O) groups is 2. The number of amides is 1. The maximum atomic E-state index is 12.7. The Morgan fingerprint density at radius 1 is 1.06 bits per heavy atom. The van der Waals surface area contributed by atoms with E-state index >= 15 is 0 Å². The van der Waals surface area contributed by atoms with Crippen LogP contribution in [-0.4, -0.2) is 17.0 Å². The van der Waals surface area contributed by atoms with Crippen LogP contribution in [0.15, 0.2) is 56.3 Å². The van der Waals surface area contributed by atoms with Crippen molar-refractivity contribution in [1.82, 2.24) is 5.32 Å². The number of benzene rings is 2. The molecule has 0 radical (unpaired) electrons. The second-order valence-electron chi connectivity index (χ2n) is 7.61. The van der Waals surface area contributed by atoms with Gasteiger partial charge in [-0.25, -0.2) is 9.59 Å². The molecule has 7 heteroatoms. The van der Waals surface area contributed by atoms with Crippen LogP contribution in [0.3, 0.4) is 0 Å². The number of carboxylic acids is 1. The molecule has 7 nitrogen and oxygen atoms in total. The standard InChI is InChI=1S/C24H21NO6/c1-12-9-17-20(22-19(12)13(2)11-30-22)14(3)16(24(29)31-17)10-18(26)25-21(23(27)28)15-7-5-4-6-8-15/h4-9,11,21H,10H2,1-3H3,(H,25,26)(H,27,28)/t21-/m1/s1. The molecule has 0 aliphatic heterocycles. The van der Waals surface area contributed by atoms with Gasteiger partial charge in [-0.2, -0.15) is 0 Å². The van der Waals surface area contributed by atoms with Crippen molar-refractivity contribution in [2.45, 2.75) is 33.2 Å². The summed E-state index contributed by atoms with van der Waals surface area (Å²) in [5.74, 6) is -1.78. The van der Waals surface area contributed by atoms with E-state index in [1.807, 2.05) is 13.8 Å². The van der Waals surface area contributed by atoms with Crippen molar-refractivity contribution in [1.29, 1.82) is 0 Å². The number of nitrogens with one attached hydrogen (secondary N) is 1. The van der Waals surface area contributed by atoms with Crippen LogP contribution < -0.4 is 10.9 Å². The molecule has 0 unspecified atom stereocenters. The van der Waals surface area contributed by atoms with Gasteiger partial charge in [0.1, 0.15) is 11.2 Å². The number of carboxylic acid groups (broad SMARTS) is 1. The van der Waals surface area contributed by atoms with Crippen LogP contribution in [-0.2, 0) is 16.0 Å². The van der Waals surface area contributed by atoms with E-state index in [-0.39, 0.29) is 12.0 Å². The van der Waals surface area contributed by atoms with E-state index in [1.54, 1.807) is 49.6 Å². The second kappa shape index (κ2) is 7.75.